The molecule has 1 atom stereocenters. The Balaban J connectivity index is 2.07. The molecule has 0 fully saturated rings. The Kier molecular flexibility index (Phi) is 5.84. The van der Waals surface area contributed by atoms with Crippen LogP contribution in [0.1, 0.15) is 22.3 Å². The molecule has 112 valence electrons. The number of hydrogen-bond acceptors (Lipinski definition) is 1. The lowest BCUT2D eigenvalue weighted by Crippen LogP contribution is -2.22. The average molecular weight is 302 g/mol. The van der Waals surface area contributed by atoms with E-state index in [2.05, 4.69) is 49.5 Å². The first-order valence-electron chi connectivity index (χ1n) is 7.53. The molecule has 2 rings (SSSR count). The highest BCUT2D eigenvalue weighted by Gasteiger charge is 2.11. The number of benzene rings is 2. The van der Waals surface area contributed by atoms with Gasteiger partial charge in [0.2, 0.25) is 0 Å². The molecule has 0 amide bonds. The summed E-state index contributed by atoms with van der Waals surface area (Å²) in [6, 6.07) is 15.0. The second-order valence-electron chi connectivity index (χ2n) is 5.88. The highest BCUT2D eigenvalue weighted by Crippen LogP contribution is 2.18. The zero-order valence-electron chi connectivity index (χ0n) is 13.1. The van der Waals surface area contributed by atoms with Crippen molar-refractivity contribution in [2.75, 3.05) is 13.6 Å². The van der Waals surface area contributed by atoms with Crippen molar-refractivity contribution < 1.29 is 0 Å². The van der Waals surface area contributed by atoms with Crippen LogP contribution in [-0.4, -0.2) is 13.6 Å². The standard InChI is InChI=1S/C19H24ClN/c1-14-4-5-17(10-15(14)2)12-18(13-21-3)11-16-6-8-19(20)9-7-16/h4-10,18,21H,11-13H2,1-3H3. The van der Waals surface area contributed by atoms with Gasteiger partial charge in [-0.3, -0.25) is 0 Å². The molecule has 0 radical (unpaired) electrons. The maximum absolute atomic E-state index is 5.96. The zero-order chi connectivity index (χ0) is 15.2. The molecule has 0 aliphatic heterocycles. The van der Waals surface area contributed by atoms with Gasteiger partial charge >= 0.3 is 0 Å². The molecular weight excluding hydrogens is 278 g/mol. The van der Waals surface area contributed by atoms with E-state index in [1.165, 1.54) is 22.3 Å². The van der Waals surface area contributed by atoms with E-state index in [1.807, 2.05) is 19.2 Å². The molecule has 2 aromatic carbocycles. The Morgan fingerprint density at radius 2 is 1.52 bits per heavy atom. The highest BCUT2D eigenvalue weighted by molar-refractivity contribution is 6.30. The van der Waals surface area contributed by atoms with E-state index in [0.29, 0.717) is 5.92 Å². The van der Waals surface area contributed by atoms with Gasteiger partial charge in [0.05, 0.1) is 0 Å². The maximum Gasteiger partial charge on any atom is 0.0406 e. The van der Waals surface area contributed by atoms with Crippen LogP contribution in [0.4, 0.5) is 0 Å². The Labute approximate surface area is 133 Å². The largest absolute Gasteiger partial charge is 0.319 e. The summed E-state index contributed by atoms with van der Waals surface area (Å²) in [5, 5.41) is 4.12. The molecule has 21 heavy (non-hydrogen) atoms. The molecule has 0 spiro atoms. The molecule has 1 unspecified atom stereocenters. The van der Waals surface area contributed by atoms with Crippen molar-refractivity contribution in [1.82, 2.24) is 5.32 Å². The third kappa shape index (κ3) is 4.87. The van der Waals surface area contributed by atoms with E-state index in [1.54, 1.807) is 0 Å². The van der Waals surface area contributed by atoms with Gasteiger partial charge in [0.1, 0.15) is 0 Å². The summed E-state index contributed by atoms with van der Waals surface area (Å²) in [4.78, 5) is 0. The molecular formula is C19H24ClN. The summed E-state index contributed by atoms with van der Waals surface area (Å²) >= 11 is 5.96. The SMILES string of the molecule is CNCC(Cc1ccc(Cl)cc1)Cc1ccc(C)c(C)c1. The van der Waals surface area contributed by atoms with Crippen LogP contribution in [-0.2, 0) is 12.8 Å². The molecule has 0 aromatic heterocycles. The Morgan fingerprint density at radius 3 is 2.14 bits per heavy atom. The molecule has 0 heterocycles. The van der Waals surface area contributed by atoms with E-state index in [4.69, 9.17) is 11.6 Å². The fraction of sp³-hybridized carbons (Fsp3) is 0.368. The van der Waals surface area contributed by atoms with Crippen molar-refractivity contribution in [2.24, 2.45) is 5.92 Å². The molecule has 0 saturated carbocycles. The second-order valence-corrected chi connectivity index (χ2v) is 6.31. The van der Waals surface area contributed by atoms with Crippen molar-refractivity contribution in [2.45, 2.75) is 26.7 Å². The first-order chi connectivity index (χ1) is 10.1. The van der Waals surface area contributed by atoms with Crippen LogP contribution in [0.3, 0.4) is 0 Å². The fourth-order valence-corrected chi connectivity index (χ4v) is 2.85. The molecule has 0 bridgehead atoms. The third-order valence-electron chi connectivity index (χ3n) is 4.03. The van der Waals surface area contributed by atoms with Gasteiger partial charge in [0.25, 0.3) is 0 Å². The molecule has 0 aliphatic carbocycles. The number of hydrogen-bond donors (Lipinski definition) is 1. The maximum atomic E-state index is 5.96. The molecule has 0 aliphatic rings. The molecule has 0 saturated heterocycles. The molecule has 1 nitrogen and oxygen atoms in total. The van der Waals surface area contributed by atoms with Gasteiger partial charge in [0, 0.05) is 5.02 Å². The van der Waals surface area contributed by atoms with Crippen molar-refractivity contribution >= 4 is 11.6 Å². The summed E-state index contributed by atoms with van der Waals surface area (Å²) in [5.41, 5.74) is 5.51. The number of aryl methyl sites for hydroxylation is 2. The molecule has 2 aromatic rings. The third-order valence-corrected chi connectivity index (χ3v) is 4.28. The first-order valence-corrected chi connectivity index (χ1v) is 7.91. The van der Waals surface area contributed by atoms with Gasteiger partial charge in [0.15, 0.2) is 0 Å². The van der Waals surface area contributed by atoms with Crippen LogP contribution >= 0.6 is 11.6 Å². The van der Waals surface area contributed by atoms with Crippen LogP contribution in [0.15, 0.2) is 42.5 Å². The number of rotatable bonds is 6. The molecule has 1 N–H and O–H groups in total. The van der Waals surface area contributed by atoms with E-state index >= 15 is 0 Å². The van der Waals surface area contributed by atoms with Crippen LogP contribution in [0.2, 0.25) is 5.02 Å². The minimum Gasteiger partial charge on any atom is -0.319 e. The topological polar surface area (TPSA) is 12.0 Å². The second kappa shape index (κ2) is 7.63. The van der Waals surface area contributed by atoms with E-state index < -0.39 is 0 Å². The Bertz CT molecular complexity index is 575. The van der Waals surface area contributed by atoms with Crippen LogP contribution < -0.4 is 5.32 Å². The summed E-state index contributed by atoms with van der Waals surface area (Å²) in [6.07, 6.45) is 2.18. The monoisotopic (exact) mass is 301 g/mol. The van der Waals surface area contributed by atoms with Gasteiger partial charge in [-0.05, 0) is 80.6 Å². The van der Waals surface area contributed by atoms with Crippen LogP contribution in [0.25, 0.3) is 0 Å². The Hall–Kier alpha value is -1.31. The predicted octanol–water partition coefficient (Wildman–Crippen LogP) is 4.58. The van der Waals surface area contributed by atoms with Gasteiger partial charge in [-0.1, -0.05) is 41.9 Å². The lowest BCUT2D eigenvalue weighted by atomic mass is 9.91. The zero-order valence-corrected chi connectivity index (χ0v) is 13.9. The van der Waals surface area contributed by atoms with Crippen LogP contribution in [0.5, 0.6) is 0 Å². The van der Waals surface area contributed by atoms with Crippen molar-refractivity contribution in [3.8, 4) is 0 Å². The quantitative estimate of drug-likeness (QED) is 0.823. The lowest BCUT2D eigenvalue weighted by Gasteiger charge is -2.17. The van der Waals surface area contributed by atoms with Gasteiger partial charge in [-0.25, -0.2) is 0 Å². The number of nitrogens with one attached hydrogen (secondary N) is 1. The van der Waals surface area contributed by atoms with E-state index in [9.17, 15) is 0 Å². The van der Waals surface area contributed by atoms with E-state index in [0.717, 1.165) is 24.4 Å². The van der Waals surface area contributed by atoms with Gasteiger partial charge < -0.3 is 5.32 Å². The van der Waals surface area contributed by atoms with Crippen molar-refractivity contribution in [1.29, 1.82) is 0 Å². The minimum atomic E-state index is 0.596. The number of halogens is 1. The summed E-state index contributed by atoms with van der Waals surface area (Å²) in [5.74, 6) is 0.596. The fourth-order valence-electron chi connectivity index (χ4n) is 2.72. The van der Waals surface area contributed by atoms with Crippen LogP contribution in [0, 0.1) is 19.8 Å². The Morgan fingerprint density at radius 1 is 0.905 bits per heavy atom. The smallest absolute Gasteiger partial charge is 0.0406 e. The van der Waals surface area contributed by atoms with Gasteiger partial charge in [-0.2, -0.15) is 0 Å². The predicted molar refractivity (Wildman–Crippen MR) is 92.2 cm³/mol. The van der Waals surface area contributed by atoms with E-state index in [-0.39, 0.29) is 0 Å². The average Bonchev–Trinajstić information content (AvgIpc) is 2.46. The lowest BCUT2D eigenvalue weighted by molar-refractivity contribution is 0.493. The van der Waals surface area contributed by atoms with Crippen molar-refractivity contribution in [3.05, 3.63) is 69.7 Å². The summed E-state index contributed by atoms with van der Waals surface area (Å²) in [6.45, 7) is 5.37. The minimum absolute atomic E-state index is 0.596. The molecule has 2 heteroatoms. The summed E-state index contributed by atoms with van der Waals surface area (Å²) < 4.78 is 0. The van der Waals surface area contributed by atoms with Gasteiger partial charge in [-0.15, -0.1) is 0 Å². The highest BCUT2D eigenvalue weighted by atomic mass is 35.5. The first kappa shape index (κ1) is 16.1. The summed E-state index contributed by atoms with van der Waals surface area (Å²) in [7, 11) is 2.02. The normalized spacial score (nSPS) is 12.4. The van der Waals surface area contributed by atoms with Crippen molar-refractivity contribution in [3.63, 3.8) is 0 Å².